The van der Waals surface area contributed by atoms with Gasteiger partial charge in [0.25, 0.3) is 10.0 Å². The molecule has 0 amide bonds. The van der Waals surface area contributed by atoms with E-state index in [9.17, 15) is 8.42 Å². The number of methoxy groups -OCH3 is 1. The number of nitrogens with two attached hydrogens (primary N) is 1. The number of hydrogen-bond acceptors (Lipinski definition) is 7. The van der Waals surface area contributed by atoms with Crippen molar-refractivity contribution in [3.63, 3.8) is 0 Å². The van der Waals surface area contributed by atoms with E-state index in [1.807, 2.05) is 0 Å². The van der Waals surface area contributed by atoms with Gasteiger partial charge in [0.2, 0.25) is 0 Å². The van der Waals surface area contributed by atoms with Crippen LogP contribution in [0.15, 0.2) is 27.6 Å². The summed E-state index contributed by atoms with van der Waals surface area (Å²) in [5, 5.41) is 3.48. The van der Waals surface area contributed by atoms with Gasteiger partial charge in [-0.3, -0.25) is 0 Å². The second-order valence-corrected chi connectivity index (χ2v) is 5.31. The number of nitrogen functional groups attached to an aromatic ring is 1. The third kappa shape index (κ3) is 2.76. The van der Waals surface area contributed by atoms with Crippen LogP contribution < -0.4 is 15.2 Å². The minimum Gasteiger partial charge on any atom is -0.497 e. The van der Waals surface area contributed by atoms with Gasteiger partial charge in [0.1, 0.15) is 10.6 Å². The highest BCUT2D eigenvalue weighted by Gasteiger charge is 2.20. The van der Waals surface area contributed by atoms with Crippen LogP contribution in [0.25, 0.3) is 0 Å². The molecule has 0 radical (unpaired) electrons. The molecular weight excluding hydrogens is 272 g/mol. The van der Waals surface area contributed by atoms with E-state index < -0.39 is 10.0 Å². The number of aromatic nitrogens is 2. The number of hydrogen-bond donors (Lipinski definition) is 2. The lowest BCUT2D eigenvalue weighted by Gasteiger charge is -2.08. The molecule has 1 aromatic heterocycles. The molecule has 0 saturated carbocycles. The molecule has 1 heterocycles. The molecule has 8 nitrogen and oxygen atoms in total. The third-order valence-electron chi connectivity index (χ3n) is 2.26. The van der Waals surface area contributed by atoms with Crippen LogP contribution in [0.4, 0.5) is 11.7 Å². The van der Waals surface area contributed by atoms with Crippen molar-refractivity contribution >= 4 is 21.7 Å². The average Bonchev–Trinajstić information content (AvgIpc) is 2.73. The number of rotatable bonds is 4. The van der Waals surface area contributed by atoms with Gasteiger partial charge in [0.15, 0.2) is 5.82 Å². The van der Waals surface area contributed by atoms with E-state index in [1.165, 1.54) is 25.3 Å². The summed E-state index contributed by atoms with van der Waals surface area (Å²) in [5.74, 6) is 0.783. The summed E-state index contributed by atoms with van der Waals surface area (Å²) in [6, 6.07) is 4.02. The van der Waals surface area contributed by atoms with E-state index in [0.29, 0.717) is 11.6 Å². The zero-order valence-corrected chi connectivity index (χ0v) is 11.1. The number of aryl methyl sites for hydroxylation is 1. The largest absolute Gasteiger partial charge is 0.497 e. The SMILES string of the molecule is COc1ccc(S(=O)(=O)Nc2nc(C)no2)c(N)c1. The quantitative estimate of drug-likeness (QED) is 0.795. The summed E-state index contributed by atoms with van der Waals surface area (Å²) in [6.07, 6.45) is 0. The Morgan fingerprint density at radius 2 is 2.16 bits per heavy atom. The molecule has 3 N–H and O–H groups in total. The lowest BCUT2D eigenvalue weighted by atomic mass is 10.3. The summed E-state index contributed by atoms with van der Waals surface area (Å²) in [5.41, 5.74) is 5.73. The summed E-state index contributed by atoms with van der Waals surface area (Å²) in [6.45, 7) is 1.57. The molecule has 102 valence electrons. The second-order valence-electron chi connectivity index (χ2n) is 3.66. The van der Waals surface area contributed by atoms with Crippen molar-refractivity contribution in [1.82, 2.24) is 10.1 Å². The van der Waals surface area contributed by atoms with Crippen LogP contribution in [0.5, 0.6) is 5.75 Å². The van der Waals surface area contributed by atoms with Gasteiger partial charge in [-0.05, 0) is 19.1 Å². The van der Waals surface area contributed by atoms with Gasteiger partial charge in [0, 0.05) is 6.07 Å². The normalized spacial score (nSPS) is 11.3. The number of anilines is 2. The number of nitrogens with zero attached hydrogens (tertiary/aromatic N) is 2. The first-order chi connectivity index (χ1) is 8.92. The Morgan fingerprint density at radius 3 is 2.68 bits per heavy atom. The molecule has 1 aromatic carbocycles. The number of nitrogens with one attached hydrogen (secondary N) is 1. The molecule has 0 aliphatic rings. The van der Waals surface area contributed by atoms with Crippen molar-refractivity contribution in [3.05, 3.63) is 24.0 Å². The van der Waals surface area contributed by atoms with Gasteiger partial charge >= 0.3 is 6.01 Å². The first-order valence-corrected chi connectivity index (χ1v) is 6.67. The van der Waals surface area contributed by atoms with E-state index in [1.54, 1.807) is 6.92 Å². The number of benzene rings is 1. The van der Waals surface area contributed by atoms with E-state index in [-0.39, 0.29) is 16.6 Å². The van der Waals surface area contributed by atoms with Gasteiger partial charge in [0.05, 0.1) is 12.8 Å². The number of ether oxygens (including phenoxy) is 1. The van der Waals surface area contributed by atoms with Crippen LogP contribution in [-0.4, -0.2) is 25.7 Å². The topological polar surface area (TPSA) is 120 Å². The fraction of sp³-hybridized carbons (Fsp3) is 0.200. The fourth-order valence-electron chi connectivity index (χ4n) is 1.41. The van der Waals surface area contributed by atoms with Crippen molar-refractivity contribution in [1.29, 1.82) is 0 Å². The first kappa shape index (κ1) is 13.1. The van der Waals surface area contributed by atoms with Crippen LogP contribution in [-0.2, 0) is 10.0 Å². The second kappa shape index (κ2) is 4.76. The van der Waals surface area contributed by atoms with Crippen LogP contribution >= 0.6 is 0 Å². The third-order valence-corrected chi connectivity index (χ3v) is 3.65. The maximum absolute atomic E-state index is 12.1. The Hall–Kier alpha value is -2.29. The molecule has 0 aliphatic heterocycles. The maximum Gasteiger partial charge on any atom is 0.335 e. The van der Waals surface area contributed by atoms with E-state index in [4.69, 9.17) is 10.5 Å². The predicted octanol–water partition coefficient (Wildman–Crippen LogP) is 0.770. The van der Waals surface area contributed by atoms with Crippen molar-refractivity contribution in [2.24, 2.45) is 0 Å². The van der Waals surface area contributed by atoms with Gasteiger partial charge < -0.3 is 15.0 Å². The van der Waals surface area contributed by atoms with Crippen molar-refractivity contribution < 1.29 is 17.7 Å². The predicted molar refractivity (Wildman–Crippen MR) is 67.2 cm³/mol. The Labute approximate surface area is 109 Å². The Morgan fingerprint density at radius 1 is 1.42 bits per heavy atom. The molecule has 0 saturated heterocycles. The van der Waals surface area contributed by atoms with Gasteiger partial charge in [-0.2, -0.15) is 4.98 Å². The standard InChI is InChI=1S/C10H12N4O4S/c1-6-12-10(18-13-6)14-19(15,16)9-4-3-7(17-2)5-8(9)11/h3-5H,11H2,1-2H3,(H,12,13,14). The first-order valence-electron chi connectivity index (χ1n) is 5.19. The highest BCUT2D eigenvalue weighted by Crippen LogP contribution is 2.25. The van der Waals surface area contributed by atoms with Crippen molar-refractivity contribution in [3.8, 4) is 5.75 Å². The molecule has 0 bridgehead atoms. The summed E-state index contributed by atoms with van der Waals surface area (Å²) < 4.78 is 35.9. The lowest BCUT2D eigenvalue weighted by Crippen LogP contribution is -2.15. The zero-order valence-electron chi connectivity index (χ0n) is 10.2. The minimum atomic E-state index is -3.88. The van der Waals surface area contributed by atoms with Crippen LogP contribution in [0.1, 0.15) is 5.82 Å². The molecule has 2 rings (SSSR count). The van der Waals surface area contributed by atoms with Crippen molar-refractivity contribution in [2.75, 3.05) is 17.6 Å². The summed E-state index contributed by atoms with van der Waals surface area (Å²) in [7, 11) is -2.42. The zero-order chi connectivity index (χ0) is 14.0. The molecule has 19 heavy (non-hydrogen) atoms. The molecule has 0 aliphatic carbocycles. The van der Waals surface area contributed by atoms with E-state index in [2.05, 4.69) is 19.4 Å². The Balaban J connectivity index is 2.34. The molecule has 0 spiro atoms. The summed E-state index contributed by atoms with van der Waals surface area (Å²) in [4.78, 5) is 3.66. The molecule has 0 fully saturated rings. The van der Waals surface area contributed by atoms with Crippen LogP contribution in [0.3, 0.4) is 0 Å². The smallest absolute Gasteiger partial charge is 0.335 e. The molecule has 0 unspecified atom stereocenters. The average molecular weight is 284 g/mol. The lowest BCUT2D eigenvalue weighted by molar-refractivity contribution is 0.414. The fourth-order valence-corrected chi connectivity index (χ4v) is 2.45. The Kier molecular flexibility index (Phi) is 3.30. The van der Waals surface area contributed by atoms with Gasteiger partial charge in [-0.25, -0.2) is 13.1 Å². The van der Waals surface area contributed by atoms with Crippen LogP contribution in [0.2, 0.25) is 0 Å². The molecule has 9 heteroatoms. The van der Waals surface area contributed by atoms with Gasteiger partial charge in [-0.15, -0.1) is 0 Å². The van der Waals surface area contributed by atoms with Crippen LogP contribution in [0, 0.1) is 6.92 Å². The highest BCUT2D eigenvalue weighted by molar-refractivity contribution is 7.92. The molecule has 0 atom stereocenters. The molecule has 2 aromatic rings. The summed E-state index contributed by atoms with van der Waals surface area (Å²) >= 11 is 0. The van der Waals surface area contributed by atoms with Gasteiger partial charge in [-0.1, -0.05) is 5.16 Å². The Bertz CT molecular complexity index is 695. The highest BCUT2D eigenvalue weighted by atomic mass is 32.2. The maximum atomic E-state index is 12.1. The minimum absolute atomic E-state index is 0.0584. The van der Waals surface area contributed by atoms with E-state index in [0.717, 1.165) is 0 Å². The monoisotopic (exact) mass is 284 g/mol. The van der Waals surface area contributed by atoms with Crippen molar-refractivity contribution in [2.45, 2.75) is 11.8 Å². The number of sulfonamides is 1. The molecular formula is C10H12N4O4S. The van der Waals surface area contributed by atoms with E-state index >= 15 is 0 Å².